The Morgan fingerprint density at radius 3 is 2.05 bits per heavy atom. The minimum Gasteiger partial charge on any atom is -0.426 e. The van der Waals surface area contributed by atoms with Crippen molar-refractivity contribution < 1.29 is 4.65 Å². The van der Waals surface area contributed by atoms with E-state index in [1.165, 1.54) is 0 Å². The fraction of sp³-hybridized carbons (Fsp3) is 0.421. The SMILES string of the molecule is CB(OC(C)(C)C(C)(C)C)c1ccc(-c2ccccc2)nc1. The van der Waals surface area contributed by atoms with Crippen LogP contribution >= 0.6 is 0 Å². The number of hydrogen-bond donors (Lipinski definition) is 0. The molecule has 3 heteroatoms. The molecule has 0 saturated heterocycles. The molecular weight excluding hydrogens is 269 g/mol. The van der Waals surface area contributed by atoms with E-state index in [4.69, 9.17) is 4.65 Å². The largest absolute Gasteiger partial charge is 0.426 e. The van der Waals surface area contributed by atoms with Crippen molar-refractivity contribution >= 4 is 12.4 Å². The molecule has 0 atom stereocenters. The molecule has 0 aliphatic rings. The van der Waals surface area contributed by atoms with E-state index in [1.54, 1.807) is 0 Å². The van der Waals surface area contributed by atoms with E-state index < -0.39 is 0 Å². The van der Waals surface area contributed by atoms with Gasteiger partial charge in [0.15, 0.2) is 0 Å². The zero-order chi connectivity index (χ0) is 16.4. The summed E-state index contributed by atoms with van der Waals surface area (Å²) in [7, 11) is 0. The Morgan fingerprint density at radius 1 is 0.909 bits per heavy atom. The Kier molecular flexibility index (Phi) is 4.76. The maximum absolute atomic E-state index is 6.29. The van der Waals surface area contributed by atoms with Crippen molar-refractivity contribution in [2.75, 3.05) is 0 Å². The first-order valence-electron chi connectivity index (χ1n) is 7.90. The van der Waals surface area contributed by atoms with Crippen molar-refractivity contribution in [2.45, 2.75) is 47.0 Å². The molecule has 2 nitrogen and oxygen atoms in total. The number of benzene rings is 1. The van der Waals surface area contributed by atoms with Gasteiger partial charge >= 0.3 is 6.92 Å². The molecule has 0 aliphatic carbocycles. The molecule has 0 saturated carbocycles. The normalized spacial score (nSPS) is 12.3. The van der Waals surface area contributed by atoms with Crippen molar-refractivity contribution in [2.24, 2.45) is 5.41 Å². The molecule has 0 N–H and O–H groups in total. The van der Waals surface area contributed by atoms with Crippen molar-refractivity contribution in [1.82, 2.24) is 4.98 Å². The molecular formula is C19H26BNO. The molecule has 1 aromatic heterocycles. The molecule has 0 unspecified atom stereocenters. The lowest BCUT2D eigenvalue weighted by Gasteiger charge is -2.40. The molecule has 0 spiro atoms. The molecule has 2 aromatic rings. The third-order valence-electron chi connectivity index (χ3n) is 4.60. The minimum atomic E-state index is -0.204. The second-order valence-corrected chi connectivity index (χ2v) is 7.36. The summed E-state index contributed by atoms with van der Waals surface area (Å²) in [5, 5.41) is 0. The van der Waals surface area contributed by atoms with Gasteiger partial charge in [0.05, 0.1) is 11.3 Å². The Labute approximate surface area is 135 Å². The second kappa shape index (κ2) is 6.25. The van der Waals surface area contributed by atoms with Crippen LogP contribution in [0.25, 0.3) is 11.3 Å². The molecule has 0 radical (unpaired) electrons. The van der Waals surface area contributed by atoms with Gasteiger partial charge < -0.3 is 4.65 Å². The van der Waals surface area contributed by atoms with Gasteiger partial charge in [0.25, 0.3) is 0 Å². The molecule has 0 bridgehead atoms. The first kappa shape index (κ1) is 16.8. The van der Waals surface area contributed by atoms with Crippen molar-refractivity contribution in [1.29, 1.82) is 0 Å². The van der Waals surface area contributed by atoms with Crippen LogP contribution in [-0.4, -0.2) is 17.5 Å². The van der Waals surface area contributed by atoms with E-state index >= 15 is 0 Å². The second-order valence-electron chi connectivity index (χ2n) is 7.36. The van der Waals surface area contributed by atoms with E-state index in [0.29, 0.717) is 0 Å². The summed E-state index contributed by atoms with van der Waals surface area (Å²) in [4.78, 5) is 4.58. The summed E-state index contributed by atoms with van der Waals surface area (Å²) in [6.07, 6.45) is 1.92. The number of pyridine rings is 1. The maximum atomic E-state index is 6.29. The highest BCUT2D eigenvalue weighted by atomic mass is 16.5. The molecule has 0 aliphatic heterocycles. The van der Waals surface area contributed by atoms with Gasteiger partial charge in [-0.2, -0.15) is 0 Å². The number of nitrogens with zero attached hydrogens (tertiary/aromatic N) is 1. The topological polar surface area (TPSA) is 22.1 Å². The maximum Gasteiger partial charge on any atom is 0.325 e. The fourth-order valence-corrected chi connectivity index (χ4v) is 2.11. The zero-order valence-electron chi connectivity index (χ0n) is 14.6. The zero-order valence-corrected chi connectivity index (χ0v) is 14.6. The highest BCUT2D eigenvalue weighted by Gasteiger charge is 2.36. The van der Waals surface area contributed by atoms with Crippen LogP contribution in [0.1, 0.15) is 34.6 Å². The fourth-order valence-electron chi connectivity index (χ4n) is 2.11. The minimum absolute atomic E-state index is 0.0200. The van der Waals surface area contributed by atoms with Crippen molar-refractivity contribution in [3.8, 4) is 11.3 Å². The van der Waals surface area contributed by atoms with Crippen LogP contribution in [0.2, 0.25) is 6.82 Å². The number of rotatable bonds is 4. The van der Waals surface area contributed by atoms with Crippen LogP contribution in [0.15, 0.2) is 48.7 Å². The van der Waals surface area contributed by atoms with E-state index in [9.17, 15) is 0 Å². The van der Waals surface area contributed by atoms with Gasteiger partial charge in [-0.05, 0) is 30.8 Å². The molecule has 116 valence electrons. The van der Waals surface area contributed by atoms with E-state index in [0.717, 1.165) is 16.7 Å². The highest BCUT2D eigenvalue weighted by molar-refractivity contribution is 6.66. The van der Waals surface area contributed by atoms with Gasteiger partial charge in [-0.25, -0.2) is 0 Å². The van der Waals surface area contributed by atoms with Crippen molar-refractivity contribution in [3.05, 3.63) is 48.7 Å². The smallest absolute Gasteiger partial charge is 0.325 e. The Hall–Kier alpha value is -1.61. The summed E-state index contributed by atoms with van der Waals surface area (Å²) in [6.45, 7) is 13.0. The Bertz CT molecular complexity index is 600. The molecule has 1 aromatic carbocycles. The Balaban J connectivity index is 2.14. The molecule has 0 amide bonds. The lowest BCUT2D eigenvalue weighted by atomic mass is 9.62. The summed E-state index contributed by atoms with van der Waals surface area (Å²) in [5.74, 6) is 0. The van der Waals surface area contributed by atoms with Gasteiger partial charge in [-0.1, -0.05) is 64.0 Å². The lowest BCUT2D eigenvalue weighted by Crippen LogP contribution is -2.47. The first-order chi connectivity index (χ1) is 10.2. The van der Waals surface area contributed by atoms with Crippen LogP contribution in [0.3, 0.4) is 0 Å². The van der Waals surface area contributed by atoms with Gasteiger partial charge in [-0.15, -0.1) is 0 Å². The van der Waals surface area contributed by atoms with E-state index in [-0.39, 0.29) is 17.9 Å². The van der Waals surface area contributed by atoms with Crippen LogP contribution in [0.5, 0.6) is 0 Å². The van der Waals surface area contributed by atoms with Gasteiger partial charge in [-0.3, -0.25) is 4.98 Å². The molecule has 0 fully saturated rings. The van der Waals surface area contributed by atoms with E-state index in [2.05, 4.69) is 70.7 Å². The molecule has 1 heterocycles. The lowest BCUT2D eigenvalue weighted by molar-refractivity contribution is 0.000442. The third-order valence-corrected chi connectivity index (χ3v) is 4.60. The third kappa shape index (κ3) is 3.78. The first-order valence-corrected chi connectivity index (χ1v) is 7.90. The predicted octanol–water partition coefficient (Wildman–Crippen LogP) is 4.42. The number of aromatic nitrogens is 1. The summed E-state index contributed by atoms with van der Waals surface area (Å²) in [6, 6.07) is 14.4. The Morgan fingerprint density at radius 2 is 1.55 bits per heavy atom. The van der Waals surface area contributed by atoms with Gasteiger partial charge in [0, 0.05) is 11.8 Å². The van der Waals surface area contributed by atoms with Gasteiger partial charge in [0.2, 0.25) is 0 Å². The highest BCUT2D eigenvalue weighted by Crippen LogP contribution is 2.33. The molecule has 22 heavy (non-hydrogen) atoms. The van der Waals surface area contributed by atoms with E-state index in [1.807, 2.05) is 24.4 Å². The summed E-state index contributed by atoms with van der Waals surface area (Å²) >= 11 is 0. The average Bonchev–Trinajstić information content (AvgIpc) is 2.47. The standard InChI is InChI=1S/C19H26BNO/c1-18(2,3)19(4,5)22-20(6)16-12-13-17(21-14-16)15-10-8-7-9-11-15/h7-14H,1-6H3. The number of hydrogen-bond acceptors (Lipinski definition) is 2. The predicted molar refractivity (Wildman–Crippen MR) is 95.5 cm³/mol. The van der Waals surface area contributed by atoms with Crippen molar-refractivity contribution in [3.63, 3.8) is 0 Å². The average molecular weight is 295 g/mol. The summed E-state index contributed by atoms with van der Waals surface area (Å²) < 4.78 is 6.29. The van der Waals surface area contributed by atoms with Gasteiger partial charge in [0.1, 0.15) is 0 Å². The van der Waals surface area contributed by atoms with Crippen LogP contribution in [-0.2, 0) is 4.65 Å². The van der Waals surface area contributed by atoms with Crippen LogP contribution < -0.4 is 5.46 Å². The van der Waals surface area contributed by atoms with Crippen LogP contribution in [0, 0.1) is 5.41 Å². The van der Waals surface area contributed by atoms with Crippen LogP contribution in [0.4, 0.5) is 0 Å². The quantitative estimate of drug-likeness (QED) is 0.779. The monoisotopic (exact) mass is 295 g/mol. The molecule has 2 rings (SSSR count). The summed E-state index contributed by atoms with van der Waals surface area (Å²) in [5.41, 5.74) is 3.12.